The number of aliphatic carboxylic acids is 1. The number of imide groups is 1. The number of rotatable bonds is 7. The smallest absolute Gasteiger partial charge is 0.305 e. The number of aromatic amines is 1. The van der Waals surface area contributed by atoms with Gasteiger partial charge in [-0.3, -0.25) is 24.1 Å². The first kappa shape index (κ1) is 24.4. The van der Waals surface area contributed by atoms with Crippen LogP contribution in [0, 0.1) is 29.6 Å². The first-order chi connectivity index (χ1) is 17.7. The lowest BCUT2D eigenvalue weighted by Crippen LogP contribution is -2.42. The number of phenolic OH excluding ortho intramolecular Hbond substituents is 1. The molecule has 37 heavy (non-hydrogen) atoms. The maximum absolute atomic E-state index is 13.5. The van der Waals surface area contributed by atoms with E-state index in [1.807, 2.05) is 0 Å². The molecule has 2 amide bonds. The zero-order valence-electron chi connectivity index (χ0n) is 20.1. The van der Waals surface area contributed by atoms with Gasteiger partial charge in [0.2, 0.25) is 17.6 Å². The number of phenols is 1. The molecular formula is C25H26N2O8S2. The number of carbonyl (C=O) groups is 3. The van der Waals surface area contributed by atoms with Crippen LogP contribution in [0.5, 0.6) is 17.2 Å². The molecule has 10 nitrogen and oxygen atoms in total. The molecule has 2 aromatic rings. The number of likely N-dealkylation sites (tertiary alicyclic amines) is 1. The number of nitrogens with zero attached hydrogens (tertiary/aromatic N) is 1. The second kappa shape index (κ2) is 8.80. The molecule has 6 rings (SSSR count). The molecule has 12 heteroatoms. The number of ether oxygens (including phenoxy) is 2. The number of benzene rings is 1. The van der Waals surface area contributed by atoms with Crippen molar-refractivity contribution in [3.8, 4) is 17.2 Å². The van der Waals surface area contributed by atoms with Crippen LogP contribution in [-0.4, -0.2) is 63.9 Å². The summed E-state index contributed by atoms with van der Waals surface area (Å²) in [4.78, 5) is 55.2. The molecule has 0 unspecified atom stereocenters. The van der Waals surface area contributed by atoms with Crippen molar-refractivity contribution in [3.05, 3.63) is 32.2 Å². The average molecular weight is 547 g/mol. The van der Waals surface area contributed by atoms with Gasteiger partial charge in [0, 0.05) is 29.0 Å². The summed E-state index contributed by atoms with van der Waals surface area (Å²) < 4.78 is 10.8. The highest BCUT2D eigenvalue weighted by Gasteiger charge is 2.69. The number of amides is 2. The van der Waals surface area contributed by atoms with Crippen LogP contribution in [0.1, 0.15) is 35.6 Å². The number of hydrogen-bond donors (Lipinski definition) is 3. The van der Waals surface area contributed by atoms with Gasteiger partial charge in [0.25, 0.3) is 0 Å². The summed E-state index contributed by atoms with van der Waals surface area (Å²) >= 11 is 2.74. The molecule has 2 bridgehead atoms. The van der Waals surface area contributed by atoms with Crippen molar-refractivity contribution in [1.82, 2.24) is 9.88 Å². The number of hydrogen-bond acceptors (Lipinski definition) is 9. The van der Waals surface area contributed by atoms with Gasteiger partial charge in [-0.1, -0.05) is 11.3 Å². The predicted molar refractivity (Wildman–Crippen MR) is 133 cm³/mol. The van der Waals surface area contributed by atoms with Gasteiger partial charge in [-0.15, -0.1) is 11.8 Å². The zero-order valence-corrected chi connectivity index (χ0v) is 21.8. The third-order valence-corrected chi connectivity index (χ3v) is 11.0. The Kier molecular flexibility index (Phi) is 5.79. The lowest BCUT2D eigenvalue weighted by molar-refractivity contribution is -0.142. The van der Waals surface area contributed by atoms with E-state index in [1.54, 1.807) is 23.9 Å². The van der Waals surface area contributed by atoms with E-state index in [2.05, 4.69) is 4.98 Å². The number of aromatic nitrogens is 1. The van der Waals surface area contributed by atoms with E-state index in [0.717, 1.165) is 33.2 Å². The van der Waals surface area contributed by atoms with Gasteiger partial charge in [-0.2, -0.15) is 0 Å². The zero-order chi connectivity index (χ0) is 26.2. The second-order valence-electron chi connectivity index (χ2n) is 10.1. The lowest BCUT2D eigenvalue weighted by Gasteiger charge is -2.43. The number of methoxy groups -OCH3 is 2. The van der Waals surface area contributed by atoms with Crippen molar-refractivity contribution in [1.29, 1.82) is 0 Å². The molecule has 1 aromatic carbocycles. The molecule has 3 N–H and O–H groups in total. The Morgan fingerprint density at radius 1 is 1.11 bits per heavy atom. The first-order valence-electron chi connectivity index (χ1n) is 12.2. The number of aromatic hydroxyl groups is 1. The number of carbonyl (C=O) groups excluding carboxylic acids is 2. The van der Waals surface area contributed by atoms with Crippen molar-refractivity contribution < 1.29 is 34.1 Å². The molecule has 2 aliphatic carbocycles. The number of carboxylic acids is 1. The van der Waals surface area contributed by atoms with Crippen LogP contribution in [0.2, 0.25) is 0 Å². The normalized spacial score (nSPS) is 31.3. The minimum atomic E-state index is -0.954. The molecule has 7 atom stereocenters. The lowest BCUT2D eigenvalue weighted by atomic mass is 9.68. The summed E-state index contributed by atoms with van der Waals surface area (Å²) in [5, 5.41) is 20.3. The van der Waals surface area contributed by atoms with Gasteiger partial charge in [-0.05, 0) is 48.3 Å². The fraction of sp³-hybridized carbons (Fsp3) is 0.520. The molecule has 0 radical (unpaired) electrons. The summed E-state index contributed by atoms with van der Waals surface area (Å²) in [5.74, 6) is -2.14. The van der Waals surface area contributed by atoms with E-state index in [-0.39, 0.29) is 82.2 Å². The number of nitrogens with one attached hydrogen (secondary N) is 1. The van der Waals surface area contributed by atoms with Crippen LogP contribution in [0.25, 0.3) is 0 Å². The molecule has 0 spiro atoms. The highest BCUT2D eigenvalue weighted by molar-refractivity contribution is 8.00. The van der Waals surface area contributed by atoms with Gasteiger partial charge in [-0.25, -0.2) is 0 Å². The third-order valence-electron chi connectivity index (χ3n) is 8.45. The molecule has 3 fully saturated rings. The highest BCUT2D eigenvalue weighted by atomic mass is 32.2. The number of carboxylic acid groups (broad SMARTS) is 1. The van der Waals surface area contributed by atoms with Gasteiger partial charge in [0.05, 0.1) is 31.1 Å². The van der Waals surface area contributed by atoms with Crippen LogP contribution in [-0.2, 0) is 14.4 Å². The van der Waals surface area contributed by atoms with E-state index >= 15 is 0 Å². The minimum absolute atomic E-state index is 0.00938. The minimum Gasteiger partial charge on any atom is -0.502 e. The van der Waals surface area contributed by atoms with Crippen LogP contribution in [0.4, 0.5) is 0 Å². The van der Waals surface area contributed by atoms with Crippen LogP contribution < -0.4 is 14.3 Å². The van der Waals surface area contributed by atoms with E-state index in [4.69, 9.17) is 14.6 Å². The Labute approximate surface area is 220 Å². The van der Waals surface area contributed by atoms with Crippen LogP contribution in [0.15, 0.2) is 22.0 Å². The van der Waals surface area contributed by atoms with Crippen LogP contribution >= 0.6 is 23.1 Å². The monoisotopic (exact) mass is 546 g/mol. The maximum Gasteiger partial charge on any atom is 0.305 e. The van der Waals surface area contributed by atoms with Gasteiger partial charge in [0.1, 0.15) is 0 Å². The fourth-order valence-corrected chi connectivity index (χ4v) is 10.0. The summed E-state index contributed by atoms with van der Waals surface area (Å²) in [6.07, 6.45) is 0.887. The second-order valence-corrected chi connectivity index (χ2v) is 12.3. The molecule has 2 saturated carbocycles. The Morgan fingerprint density at radius 3 is 2.38 bits per heavy atom. The number of thioether (sulfide) groups is 1. The SMILES string of the molecule is COc1cc([C@@H]2c3sc(=O)[nH]c3S[C@@H]3[C@H]4C[C@@H]([C@@H]5C(=O)N(CCCC(=O)O)C(=O)[C@H]45)[C@H]23)cc(OC)c1O. The van der Waals surface area contributed by atoms with Crippen molar-refractivity contribution in [3.63, 3.8) is 0 Å². The average Bonchev–Trinajstić information content (AvgIpc) is 3.59. The molecule has 2 aliphatic heterocycles. The van der Waals surface area contributed by atoms with E-state index < -0.39 is 17.8 Å². The third kappa shape index (κ3) is 3.52. The molecule has 1 aromatic heterocycles. The quantitative estimate of drug-likeness (QED) is 0.446. The summed E-state index contributed by atoms with van der Waals surface area (Å²) in [7, 11) is 2.92. The Balaban J connectivity index is 1.41. The standard InChI is InChI=1S/C25H26N2O8S2/c1-34-12-6-9(7-13(35-2)19(12)30)15-16-10-8-11(20(16)36-22-21(15)37-25(33)26-22)18-17(10)23(31)27(24(18)32)5-3-4-14(28)29/h6-7,10-11,15-18,20,30H,3-5,8H2,1-2H3,(H,26,33)(H,28,29)/t10-,11+,15+,16-,17+,18-,20-/m1/s1. The molecule has 4 aliphatic rings. The van der Waals surface area contributed by atoms with Crippen molar-refractivity contribution >= 4 is 40.9 Å². The Morgan fingerprint density at radius 2 is 1.76 bits per heavy atom. The molecule has 1 saturated heterocycles. The number of fused-ring (bicyclic) bond motifs is 9. The van der Waals surface area contributed by atoms with Crippen molar-refractivity contribution in [2.24, 2.45) is 29.6 Å². The summed E-state index contributed by atoms with van der Waals surface area (Å²) in [6, 6.07) is 3.51. The van der Waals surface area contributed by atoms with E-state index in [9.17, 15) is 24.3 Å². The van der Waals surface area contributed by atoms with Gasteiger partial charge < -0.3 is 24.7 Å². The Hall–Kier alpha value is -2.99. The molecule has 196 valence electrons. The van der Waals surface area contributed by atoms with Crippen molar-refractivity contribution in [2.45, 2.75) is 35.5 Å². The van der Waals surface area contributed by atoms with Crippen LogP contribution in [0.3, 0.4) is 0 Å². The van der Waals surface area contributed by atoms with Gasteiger partial charge >= 0.3 is 10.8 Å². The first-order valence-corrected chi connectivity index (χ1v) is 13.9. The number of H-pyrrole nitrogens is 1. The summed E-state index contributed by atoms with van der Waals surface area (Å²) in [6.45, 7) is 0.120. The van der Waals surface area contributed by atoms with Gasteiger partial charge in [0.15, 0.2) is 11.5 Å². The molecule has 3 heterocycles. The highest BCUT2D eigenvalue weighted by Crippen LogP contribution is 2.68. The van der Waals surface area contributed by atoms with Crippen molar-refractivity contribution in [2.75, 3.05) is 20.8 Å². The summed E-state index contributed by atoms with van der Waals surface area (Å²) in [5.41, 5.74) is 0.817. The number of thiazole rings is 1. The predicted octanol–water partition coefficient (Wildman–Crippen LogP) is 2.50. The Bertz CT molecular complexity index is 1340. The maximum atomic E-state index is 13.5. The topological polar surface area (TPSA) is 146 Å². The van der Waals surface area contributed by atoms with E-state index in [0.29, 0.717) is 0 Å². The molecular weight excluding hydrogens is 520 g/mol. The van der Waals surface area contributed by atoms with E-state index in [1.165, 1.54) is 19.1 Å². The largest absolute Gasteiger partial charge is 0.502 e. The fourth-order valence-electron chi connectivity index (χ4n) is 7.15.